The second-order valence-electron chi connectivity index (χ2n) is 6.65. The number of carbonyl (C=O) groups excluding carboxylic acids is 1. The highest BCUT2D eigenvalue weighted by Gasteiger charge is 2.15. The lowest BCUT2D eigenvalue weighted by Crippen LogP contribution is -2.15. The average molecular weight is 404 g/mol. The molecule has 4 rings (SSSR count). The highest BCUT2D eigenvalue weighted by atomic mass is 32.1. The topological polar surface area (TPSA) is 69.0 Å². The molecule has 0 unspecified atom stereocenters. The van der Waals surface area contributed by atoms with Crippen LogP contribution in [0.5, 0.6) is 5.75 Å². The fourth-order valence-electron chi connectivity index (χ4n) is 2.97. The Bertz CT molecular complexity index is 1160. The molecule has 0 saturated heterocycles. The molecule has 29 heavy (non-hydrogen) atoms. The van der Waals surface area contributed by atoms with Gasteiger partial charge in [-0.1, -0.05) is 17.7 Å². The zero-order chi connectivity index (χ0) is 20.4. The van der Waals surface area contributed by atoms with Crippen LogP contribution in [0.15, 0.2) is 60.0 Å². The molecule has 0 radical (unpaired) electrons. The first-order valence-electron chi connectivity index (χ1n) is 9.08. The van der Waals surface area contributed by atoms with Crippen molar-refractivity contribution in [2.75, 3.05) is 12.4 Å². The molecule has 146 valence electrons. The number of hydrogen-bond acceptors (Lipinski definition) is 5. The van der Waals surface area contributed by atoms with Crippen LogP contribution in [0.4, 0.5) is 5.82 Å². The lowest BCUT2D eigenvalue weighted by atomic mass is 10.1. The highest BCUT2D eigenvalue weighted by molar-refractivity contribution is 7.12. The van der Waals surface area contributed by atoms with E-state index in [4.69, 9.17) is 9.72 Å². The van der Waals surface area contributed by atoms with Gasteiger partial charge in [0.05, 0.1) is 18.5 Å². The number of aromatic nitrogens is 3. The highest BCUT2D eigenvalue weighted by Crippen LogP contribution is 2.27. The predicted octanol–water partition coefficient (Wildman–Crippen LogP) is 4.87. The first kappa shape index (κ1) is 18.9. The third-order valence-corrected chi connectivity index (χ3v) is 5.23. The molecule has 2 aromatic heterocycles. The van der Waals surface area contributed by atoms with Gasteiger partial charge in [-0.25, -0.2) is 4.98 Å². The van der Waals surface area contributed by atoms with Crippen LogP contribution in [0.25, 0.3) is 16.4 Å². The number of rotatable bonds is 5. The summed E-state index contributed by atoms with van der Waals surface area (Å²) in [5, 5.41) is 10.1. The lowest BCUT2D eigenvalue weighted by Gasteiger charge is -2.07. The summed E-state index contributed by atoms with van der Waals surface area (Å²) in [6.07, 6.45) is 0. The van der Waals surface area contributed by atoms with E-state index in [1.165, 1.54) is 11.3 Å². The largest absolute Gasteiger partial charge is 0.497 e. The number of aryl methyl sites for hydroxylation is 2. The fraction of sp³-hybridized carbons (Fsp3) is 0.136. The number of anilines is 1. The molecule has 0 spiro atoms. The van der Waals surface area contributed by atoms with Crippen molar-refractivity contribution in [3.8, 4) is 22.1 Å². The van der Waals surface area contributed by atoms with Crippen molar-refractivity contribution in [1.29, 1.82) is 0 Å². The van der Waals surface area contributed by atoms with Gasteiger partial charge in [-0.15, -0.1) is 11.3 Å². The van der Waals surface area contributed by atoms with E-state index in [0.717, 1.165) is 28.3 Å². The molecule has 0 atom stereocenters. The maximum absolute atomic E-state index is 12.7. The maximum Gasteiger partial charge on any atom is 0.256 e. The molecule has 0 fully saturated rings. The third kappa shape index (κ3) is 4.05. The average Bonchev–Trinajstić information content (AvgIpc) is 3.34. The summed E-state index contributed by atoms with van der Waals surface area (Å²) in [6, 6.07) is 17.0. The van der Waals surface area contributed by atoms with Gasteiger partial charge >= 0.3 is 0 Å². The minimum atomic E-state index is -0.179. The molecule has 0 aliphatic carbocycles. The van der Waals surface area contributed by atoms with Gasteiger partial charge in [-0.2, -0.15) is 9.78 Å². The zero-order valence-electron chi connectivity index (χ0n) is 16.3. The molecule has 1 amide bonds. The van der Waals surface area contributed by atoms with Gasteiger partial charge in [0.2, 0.25) is 5.13 Å². The van der Waals surface area contributed by atoms with Crippen LogP contribution in [0.2, 0.25) is 0 Å². The summed E-state index contributed by atoms with van der Waals surface area (Å²) in [6.45, 7) is 3.85. The van der Waals surface area contributed by atoms with Crippen LogP contribution in [0.1, 0.15) is 21.6 Å². The Morgan fingerprint density at radius 2 is 1.90 bits per heavy atom. The van der Waals surface area contributed by atoms with Crippen LogP contribution >= 0.6 is 11.3 Å². The summed E-state index contributed by atoms with van der Waals surface area (Å²) < 4.78 is 6.87. The molecule has 2 heterocycles. The van der Waals surface area contributed by atoms with Gasteiger partial charge in [-0.3, -0.25) is 4.79 Å². The predicted molar refractivity (Wildman–Crippen MR) is 115 cm³/mol. The van der Waals surface area contributed by atoms with Gasteiger partial charge < -0.3 is 10.1 Å². The summed E-state index contributed by atoms with van der Waals surface area (Å²) in [7, 11) is 1.64. The molecule has 0 saturated carbocycles. The first-order valence-corrected chi connectivity index (χ1v) is 9.96. The normalized spacial score (nSPS) is 10.7. The van der Waals surface area contributed by atoms with Crippen LogP contribution in [0, 0.1) is 13.8 Å². The molecule has 7 heteroatoms. The van der Waals surface area contributed by atoms with Gasteiger partial charge in [0.25, 0.3) is 5.91 Å². The SMILES string of the molecule is COc1ccc(-c2csc(-n3nc(C)cc3NC(=O)c3cccc(C)c3)n2)cc1. The molecular weight excluding hydrogens is 384 g/mol. The summed E-state index contributed by atoms with van der Waals surface area (Å²) in [5.74, 6) is 1.21. The van der Waals surface area contributed by atoms with Crippen molar-refractivity contribution >= 4 is 23.1 Å². The smallest absolute Gasteiger partial charge is 0.256 e. The number of ether oxygens (including phenoxy) is 1. The third-order valence-electron chi connectivity index (χ3n) is 4.41. The van der Waals surface area contributed by atoms with Gasteiger partial charge in [-0.05, 0) is 50.2 Å². The molecule has 2 aromatic carbocycles. The standard InChI is InChI=1S/C22H20N4O2S/c1-14-5-4-6-17(11-14)21(27)24-20-12-15(2)25-26(20)22-23-19(13-29-22)16-7-9-18(28-3)10-8-16/h4-13H,1-3H3,(H,24,27). The van der Waals surface area contributed by atoms with Crippen molar-refractivity contribution in [2.24, 2.45) is 0 Å². The Morgan fingerprint density at radius 1 is 1.10 bits per heavy atom. The number of methoxy groups -OCH3 is 1. The number of benzene rings is 2. The van der Waals surface area contributed by atoms with Crippen LogP contribution in [-0.4, -0.2) is 27.8 Å². The van der Waals surface area contributed by atoms with Gasteiger partial charge in [0.1, 0.15) is 11.6 Å². The van der Waals surface area contributed by atoms with E-state index >= 15 is 0 Å². The van der Waals surface area contributed by atoms with Crippen LogP contribution in [-0.2, 0) is 0 Å². The summed E-state index contributed by atoms with van der Waals surface area (Å²) in [5.41, 5.74) is 4.27. The minimum Gasteiger partial charge on any atom is -0.497 e. The Morgan fingerprint density at radius 3 is 2.62 bits per heavy atom. The van der Waals surface area contributed by atoms with Crippen molar-refractivity contribution in [1.82, 2.24) is 14.8 Å². The fourth-order valence-corrected chi connectivity index (χ4v) is 3.76. The van der Waals surface area contributed by atoms with Crippen molar-refractivity contribution < 1.29 is 9.53 Å². The number of nitrogens with zero attached hydrogens (tertiary/aromatic N) is 3. The van der Waals surface area contributed by atoms with Gasteiger partial charge in [0.15, 0.2) is 0 Å². The number of amides is 1. The summed E-state index contributed by atoms with van der Waals surface area (Å²) in [4.78, 5) is 17.4. The van der Waals surface area contributed by atoms with Crippen molar-refractivity contribution in [3.63, 3.8) is 0 Å². The van der Waals surface area contributed by atoms with Crippen LogP contribution < -0.4 is 10.1 Å². The van der Waals surface area contributed by atoms with E-state index in [2.05, 4.69) is 10.4 Å². The number of nitrogens with one attached hydrogen (secondary N) is 1. The number of carbonyl (C=O) groups is 1. The maximum atomic E-state index is 12.7. The molecule has 6 nitrogen and oxygen atoms in total. The molecule has 1 N–H and O–H groups in total. The molecule has 4 aromatic rings. The molecule has 0 bridgehead atoms. The van der Waals surface area contributed by atoms with Crippen LogP contribution in [0.3, 0.4) is 0 Å². The Balaban J connectivity index is 1.61. The van der Waals surface area contributed by atoms with E-state index in [1.807, 2.05) is 67.8 Å². The quantitative estimate of drug-likeness (QED) is 0.515. The molecule has 0 aliphatic heterocycles. The zero-order valence-corrected chi connectivity index (χ0v) is 17.2. The second-order valence-corrected chi connectivity index (χ2v) is 7.49. The number of thiazole rings is 1. The molecule has 0 aliphatic rings. The summed E-state index contributed by atoms with van der Waals surface area (Å²) >= 11 is 1.47. The van der Waals surface area contributed by atoms with E-state index in [0.29, 0.717) is 16.5 Å². The Kier molecular flexibility index (Phi) is 5.14. The van der Waals surface area contributed by atoms with E-state index in [9.17, 15) is 4.79 Å². The van der Waals surface area contributed by atoms with E-state index in [-0.39, 0.29) is 5.91 Å². The van der Waals surface area contributed by atoms with E-state index < -0.39 is 0 Å². The van der Waals surface area contributed by atoms with Gasteiger partial charge in [0, 0.05) is 22.6 Å². The van der Waals surface area contributed by atoms with Crippen molar-refractivity contribution in [2.45, 2.75) is 13.8 Å². The van der Waals surface area contributed by atoms with E-state index in [1.54, 1.807) is 17.9 Å². The molecular formula is C22H20N4O2S. The monoisotopic (exact) mass is 404 g/mol. The lowest BCUT2D eigenvalue weighted by molar-refractivity contribution is 0.102. The second kappa shape index (κ2) is 7.89. The minimum absolute atomic E-state index is 0.179. The first-order chi connectivity index (χ1) is 14.0. The van der Waals surface area contributed by atoms with Crippen molar-refractivity contribution in [3.05, 3.63) is 76.8 Å². The number of hydrogen-bond donors (Lipinski definition) is 1. The Labute approximate surface area is 172 Å². The Hall–Kier alpha value is -3.45.